The summed E-state index contributed by atoms with van der Waals surface area (Å²) in [6, 6.07) is 32.2. The van der Waals surface area contributed by atoms with E-state index in [1.54, 1.807) is 0 Å². The minimum absolute atomic E-state index is 0. The van der Waals surface area contributed by atoms with Crippen molar-refractivity contribution in [1.29, 1.82) is 0 Å². The maximum absolute atomic E-state index is 10.4. The summed E-state index contributed by atoms with van der Waals surface area (Å²) in [4.78, 5) is 0. The number of benzene rings is 4. The van der Waals surface area contributed by atoms with Gasteiger partial charge in [-0.1, -0.05) is 48.5 Å². The Morgan fingerprint density at radius 3 is 1.07 bits per heavy atom. The van der Waals surface area contributed by atoms with E-state index in [2.05, 4.69) is 24.3 Å². The third kappa shape index (κ3) is 10.6. The molecule has 8 heteroatoms. The van der Waals surface area contributed by atoms with Gasteiger partial charge in [0.2, 0.25) is 0 Å². The summed E-state index contributed by atoms with van der Waals surface area (Å²) in [6.07, 6.45) is 1.40. The Balaban J connectivity index is 0.00000368. The zero-order valence-corrected chi connectivity index (χ0v) is 26.9. The van der Waals surface area contributed by atoms with Crippen molar-refractivity contribution in [2.75, 3.05) is 39.6 Å². The van der Waals surface area contributed by atoms with Gasteiger partial charge in [0.25, 0.3) is 0 Å². The van der Waals surface area contributed by atoms with Gasteiger partial charge in [-0.15, -0.1) is 0 Å². The molecule has 0 aromatic heterocycles. The normalized spacial score (nSPS) is 17.3. The molecule has 7 nitrogen and oxygen atoms in total. The minimum atomic E-state index is -0.747. The van der Waals surface area contributed by atoms with Crippen molar-refractivity contribution in [3.8, 4) is 23.0 Å². The molecule has 2 fully saturated rings. The van der Waals surface area contributed by atoms with Crippen LogP contribution < -0.4 is 18.9 Å². The molecule has 4 aromatic carbocycles. The summed E-state index contributed by atoms with van der Waals surface area (Å²) in [5.74, 6) is 3.15. The van der Waals surface area contributed by atoms with Gasteiger partial charge in [0, 0.05) is 32.7 Å². The van der Waals surface area contributed by atoms with Gasteiger partial charge in [0.05, 0.1) is 13.2 Å². The summed E-state index contributed by atoms with van der Waals surface area (Å²) in [6.45, 7) is 3.12. The van der Waals surface area contributed by atoms with E-state index >= 15 is 0 Å². The first kappa shape index (κ1) is 31.5. The molecule has 1 radical (unpaired) electrons. The van der Waals surface area contributed by atoms with E-state index in [1.165, 1.54) is 22.3 Å². The van der Waals surface area contributed by atoms with Crippen LogP contribution in [0.5, 0.6) is 23.0 Å². The Labute approximate surface area is 277 Å². The number of hydrogen-bond donors (Lipinski definition) is 1. The molecule has 2 unspecified atom stereocenters. The first-order valence-electron chi connectivity index (χ1n) is 14.4. The Morgan fingerprint density at radius 1 is 0.512 bits per heavy atom. The summed E-state index contributed by atoms with van der Waals surface area (Å²) in [5.41, 5.74) is 4.78. The summed E-state index contributed by atoms with van der Waals surface area (Å²) in [7, 11) is 0. The largest absolute Gasteiger partial charge is 0.491 e. The zero-order valence-electron chi connectivity index (χ0n) is 24.1. The average Bonchev–Trinajstić information content (AvgIpc) is 3.96. The second-order valence-electron chi connectivity index (χ2n) is 10.7. The van der Waals surface area contributed by atoms with Crippen molar-refractivity contribution in [2.24, 2.45) is 0 Å². The molecule has 1 N–H and O–H groups in total. The first-order chi connectivity index (χ1) is 20.6. The van der Waals surface area contributed by atoms with Crippen molar-refractivity contribution in [2.45, 2.75) is 31.2 Å². The van der Waals surface area contributed by atoms with Crippen LogP contribution in [0.2, 0.25) is 0 Å². The predicted molar refractivity (Wildman–Crippen MR) is 159 cm³/mol. The molecular formula is C35H36O7Y. The fraction of sp³-hybridized carbons (Fsp3) is 0.314. The van der Waals surface area contributed by atoms with Crippen LogP contribution in [0.1, 0.15) is 22.3 Å². The maximum atomic E-state index is 10.4. The van der Waals surface area contributed by atoms with E-state index in [1.807, 2.05) is 72.8 Å². The van der Waals surface area contributed by atoms with Gasteiger partial charge in [0.15, 0.2) is 0 Å². The molecular weight excluding hydrogens is 621 g/mol. The van der Waals surface area contributed by atoms with Crippen LogP contribution in [0, 0.1) is 0 Å². The molecule has 2 heterocycles. The third-order valence-electron chi connectivity index (χ3n) is 7.07. The van der Waals surface area contributed by atoms with Crippen molar-refractivity contribution in [3.63, 3.8) is 0 Å². The van der Waals surface area contributed by atoms with Crippen LogP contribution >= 0.6 is 0 Å². The number of hydrogen-bond acceptors (Lipinski definition) is 7. The van der Waals surface area contributed by atoms with Gasteiger partial charge in [-0.25, -0.2) is 0 Å². The molecule has 0 spiro atoms. The Bertz CT molecular complexity index is 1280. The van der Waals surface area contributed by atoms with E-state index in [4.69, 9.17) is 28.4 Å². The predicted octanol–water partition coefficient (Wildman–Crippen LogP) is 5.24. The second kappa shape index (κ2) is 15.7. The number of ether oxygens (including phenoxy) is 6. The summed E-state index contributed by atoms with van der Waals surface area (Å²) < 4.78 is 33.3. The van der Waals surface area contributed by atoms with Crippen LogP contribution in [0.15, 0.2) is 97.1 Å². The van der Waals surface area contributed by atoms with Crippen LogP contribution in [0.4, 0.5) is 0 Å². The fourth-order valence-electron chi connectivity index (χ4n) is 4.43. The van der Waals surface area contributed by atoms with Crippen molar-refractivity contribution < 1.29 is 66.2 Å². The van der Waals surface area contributed by atoms with Crippen LogP contribution in [0.25, 0.3) is 0 Å². The first-order valence-corrected chi connectivity index (χ1v) is 14.4. The van der Waals surface area contributed by atoms with Gasteiger partial charge in [-0.2, -0.15) is 0 Å². The Kier molecular flexibility index (Phi) is 11.5. The van der Waals surface area contributed by atoms with E-state index in [0.29, 0.717) is 24.7 Å². The van der Waals surface area contributed by atoms with Crippen molar-refractivity contribution >= 4 is 0 Å². The molecule has 0 amide bonds. The summed E-state index contributed by atoms with van der Waals surface area (Å²) >= 11 is 0. The second-order valence-corrected chi connectivity index (χ2v) is 10.7. The molecule has 43 heavy (non-hydrogen) atoms. The molecule has 0 saturated carbocycles. The zero-order chi connectivity index (χ0) is 28.6. The van der Waals surface area contributed by atoms with Gasteiger partial charge in [-0.3, -0.25) is 0 Å². The van der Waals surface area contributed by atoms with Crippen LogP contribution in [-0.4, -0.2) is 63.1 Å². The minimum Gasteiger partial charge on any atom is -0.491 e. The van der Waals surface area contributed by atoms with E-state index in [0.717, 1.165) is 37.6 Å². The van der Waals surface area contributed by atoms with Gasteiger partial charge in [-0.05, 0) is 83.6 Å². The number of aliphatic hydroxyl groups is 1. The number of aliphatic hydroxyl groups excluding tert-OH is 1. The van der Waals surface area contributed by atoms with Crippen LogP contribution in [-0.2, 0) is 55.0 Å². The topological polar surface area (TPSA) is 82.2 Å². The Hall–Kier alpha value is -2.94. The molecule has 2 aliphatic rings. The quantitative estimate of drug-likeness (QED) is 0.165. The molecule has 6 rings (SSSR count). The molecule has 4 aromatic rings. The fourth-order valence-corrected chi connectivity index (χ4v) is 4.43. The third-order valence-corrected chi connectivity index (χ3v) is 7.07. The molecule has 2 aliphatic heterocycles. The Morgan fingerprint density at radius 2 is 0.791 bits per heavy atom. The monoisotopic (exact) mass is 657 g/mol. The smallest absolute Gasteiger partial charge is 0.122 e. The molecule has 2 atom stereocenters. The average molecular weight is 658 g/mol. The van der Waals surface area contributed by atoms with Crippen molar-refractivity contribution in [3.05, 3.63) is 119 Å². The standard InChI is InChI=1S/C35H36O7.Y/c36-29(19-37-30-9-1-25(2-10-30)17-27-5-13-32(14-6-27)39-21-34-23-41-34)20-38-31-11-3-26(4-12-31)18-28-7-15-33(16-8-28)40-22-35-24-42-35;/h1-16,29,34-36H,17-24H2;. The van der Waals surface area contributed by atoms with E-state index in [-0.39, 0.29) is 58.1 Å². The SMILES string of the molecule is OC(COc1ccc(Cc2ccc(OCC3CO3)cc2)cc1)COc1ccc(Cc2ccc(OCC3CO3)cc2)cc1.[Y]. The molecule has 0 aliphatic carbocycles. The molecule has 2 saturated heterocycles. The van der Waals surface area contributed by atoms with E-state index in [9.17, 15) is 5.11 Å². The number of rotatable bonds is 16. The van der Waals surface area contributed by atoms with E-state index < -0.39 is 6.10 Å². The van der Waals surface area contributed by atoms with Crippen molar-refractivity contribution in [1.82, 2.24) is 0 Å². The van der Waals surface area contributed by atoms with Crippen LogP contribution in [0.3, 0.4) is 0 Å². The maximum Gasteiger partial charge on any atom is 0.122 e. The molecule has 221 valence electrons. The van der Waals surface area contributed by atoms with Gasteiger partial charge in [0.1, 0.15) is 67.7 Å². The molecule has 0 bridgehead atoms. The number of epoxide rings is 2. The van der Waals surface area contributed by atoms with Gasteiger partial charge < -0.3 is 33.5 Å². The summed E-state index contributed by atoms with van der Waals surface area (Å²) in [5, 5.41) is 10.4. The van der Waals surface area contributed by atoms with Gasteiger partial charge >= 0.3 is 0 Å².